The molecule has 0 bridgehead atoms. The van der Waals surface area contributed by atoms with Gasteiger partial charge in [-0.2, -0.15) is 0 Å². The number of hydrogen-bond acceptors (Lipinski definition) is 1. The van der Waals surface area contributed by atoms with Gasteiger partial charge >= 0.3 is 0 Å². The SMILES string of the molecule is O=C1CCCC1/C=C/CCCCCI. The molecule has 1 unspecified atom stereocenters. The summed E-state index contributed by atoms with van der Waals surface area (Å²) in [4.78, 5) is 11.3. The van der Waals surface area contributed by atoms with Gasteiger partial charge in [0.2, 0.25) is 0 Å². The summed E-state index contributed by atoms with van der Waals surface area (Å²) in [5.41, 5.74) is 0. The molecule has 0 radical (unpaired) electrons. The molecule has 1 atom stereocenters. The van der Waals surface area contributed by atoms with E-state index in [9.17, 15) is 4.79 Å². The molecule has 1 fully saturated rings. The van der Waals surface area contributed by atoms with Gasteiger partial charge in [-0.25, -0.2) is 0 Å². The van der Waals surface area contributed by atoms with Crippen molar-refractivity contribution in [2.75, 3.05) is 4.43 Å². The molecular weight excluding hydrogens is 287 g/mol. The second-order valence-corrected chi connectivity index (χ2v) is 5.01. The Morgan fingerprint density at radius 2 is 2.21 bits per heavy atom. The van der Waals surface area contributed by atoms with Crippen molar-refractivity contribution in [3.8, 4) is 0 Å². The van der Waals surface area contributed by atoms with E-state index in [1.54, 1.807) is 0 Å². The molecule has 0 aromatic rings. The summed E-state index contributed by atoms with van der Waals surface area (Å²) in [6.07, 6.45) is 12.4. The summed E-state index contributed by atoms with van der Waals surface area (Å²) < 4.78 is 1.27. The number of unbranched alkanes of at least 4 members (excludes halogenated alkanes) is 3. The summed E-state index contributed by atoms with van der Waals surface area (Å²) >= 11 is 2.42. The molecule has 1 aliphatic rings. The van der Waals surface area contributed by atoms with Gasteiger partial charge in [-0.15, -0.1) is 0 Å². The van der Waals surface area contributed by atoms with E-state index in [2.05, 4.69) is 34.7 Å². The van der Waals surface area contributed by atoms with Crippen LogP contribution in [0.2, 0.25) is 0 Å². The zero-order chi connectivity index (χ0) is 10.2. The van der Waals surface area contributed by atoms with E-state index in [-0.39, 0.29) is 5.92 Å². The molecular formula is C12H19IO. The second-order valence-electron chi connectivity index (χ2n) is 3.93. The lowest BCUT2D eigenvalue weighted by Crippen LogP contribution is -2.01. The minimum absolute atomic E-state index is 0.263. The monoisotopic (exact) mass is 306 g/mol. The molecule has 0 aliphatic heterocycles. The maximum absolute atomic E-state index is 11.3. The molecule has 0 aromatic heterocycles. The molecule has 0 amide bonds. The van der Waals surface area contributed by atoms with Gasteiger partial charge in [0.05, 0.1) is 0 Å². The Morgan fingerprint density at radius 3 is 2.86 bits per heavy atom. The zero-order valence-electron chi connectivity index (χ0n) is 8.68. The first kappa shape index (κ1) is 12.2. The fourth-order valence-electron chi connectivity index (χ4n) is 1.84. The van der Waals surface area contributed by atoms with Crippen LogP contribution in [0.15, 0.2) is 12.2 Å². The standard InChI is InChI=1S/C12H19IO/c13-10-5-3-1-2-4-7-11-8-6-9-12(11)14/h4,7,11H,1-3,5-6,8-10H2/b7-4+. The fraction of sp³-hybridized carbons (Fsp3) is 0.750. The van der Waals surface area contributed by atoms with Gasteiger partial charge in [-0.05, 0) is 36.5 Å². The van der Waals surface area contributed by atoms with E-state index in [0.29, 0.717) is 5.78 Å². The Hall–Kier alpha value is 0.140. The molecule has 1 aliphatic carbocycles. The Morgan fingerprint density at radius 1 is 1.36 bits per heavy atom. The summed E-state index contributed by atoms with van der Waals surface area (Å²) in [6.45, 7) is 0. The van der Waals surface area contributed by atoms with Crippen molar-refractivity contribution in [3.63, 3.8) is 0 Å². The lowest BCUT2D eigenvalue weighted by atomic mass is 10.1. The summed E-state index contributed by atoms with van der Waals surface area (Å²) in [6, 6.07) is 0. The first-order valence-electron chi connectivity index (χ1n) is 5.60. The molecule has 1 rings (SSSR count). The highest BCUT2D eigenvalue weighted by atomic mass is 127. The molecule has 1 nitrogen and oxygen atoms in total. The number of carbonyl (C=O) groups excluding carboxylic acids is 1. The lowest BCUT2D eigenvalue weighted by molar-refractivity contribution is -0.119. The van der Waals surface area contributed by atoms with Gasteiger partial charge < -0.3 is 0 Å². The van der Waals surface area contributed by atoms with Crippen molar-refractivity contribution in [2.24, 2.45) is 5.92 Å². The number of Topliss-reactive ketones (excluding diaryl/α,β-unsaturated/α-hetero) is 1. The fourth-order valence-corrected chi connectivity index (χ4v) is 2.38. The molecule has 1 saturated carbocycles. The maximum Gasteiger partial charge on any atom is 0.139 e. The molecule has 2 heteroatoms. The molecule has 14 heavy (non-hydrogen) atoms. The summed E-state index contributed by atoms with van der Waals surface area (Å²) in [7, 11) is 0. The Balaban J connectivity index is 2.05. The van der Waals surface area contributed by atoms with Crippen molar-refractivity contribution in [2.45, 2.75) is 44.9 Å². The van der Waals surface area contributed by atoms with Gasteiger partial charge in [-0.1, -0.05) is 41.2 Å². The number of ketones is 1. The van der Waals surface area contributed by atoms with Crippen LogP contribution in [0.1, 0.15) is 44.9 Å². The zero-order valence-corrected chi connectivity index (χ0v) is 10.8. The topological polar surface area (TPSA) is 17.1 Å². The maximum atomic E-state index is 11.3. The number of halogens is 1. The molecule has 0 aromatic carbocycles. The van der Waals surface area contributed by atoms with Crippen molar-refractivity contribution in [1.82, 2.24) is 0 Å². The van der Waals surface area contributed by atoms with Crippen LogP contribution in [0, 0.1) is 5.92 Å². The normalized spacial score (nSPS) is 22.4. The molecule has 0 N–H and O–H groups in total. The first-order chi connectivity index (χ1) is 6.84. The Bertz CT molecular complexity index is 198. The number of alkyl halides is 1. The minimum atomic E-state index is 0.263. The number of hydrogen-bond donors (Lipinski definition) is 0. The van der Waals surface area contributed by atoms with E-state index in [1.807, 2.05) is 0 Å². The molecule has 80 valence electrons. The average Bonchev–Trinajstić information content (AvgIpc) is 2.58. The van der Waals surface area contributed by atoms with E-state index in [4.69, 9.17) is 0 Å². The lowest BCUT2D eigenvalue weighted by Gasteiger charge is -1.99. The largest absolute Gasteiger partial charge is 0.299 e. The van der Waals surface area contributed by atoms with Crippen molar-refractivity contribution in [1.29, 1.82) is 0 Å². The van der Waals surface area contributed by atoms with Crippen molar-refractivity contribution in [3.05, 3.63) is 12.2 Å². The number of allylic oxidation sites excluding steroid dienone is 2. The highest BCUT2D eigenvalue weighted by Gasteiger charge is 2.20. The van der Waals surface area contributed by atoms with Crippen molar-refractivity contribution >= 4 is 28.4 Å². The first-order valence-corrected chi connectivity index (χ1v) is 7.12. The van der Waals surface area contributed by atoms with E-state index >= 15 is 0 Å². The van der Waals surface area contributed by atoms with Crippen LogP contribution >= 0.6 is 22.6 Å². The third kappa shape index (κ3) is 4.58. The highest BCUT2D eigenvalue weighted by Crippen LogP contribution is 2.22. The predicted molar refractivity (Wildman–Crippen MR) is 68.8 cm³/mol. The summed E-state index contributed by atoms with van der Waals surface area (Å²) in [5, 5.41) is 0. The van der Waals surface area contributed by atoms with Crippen molar-refractivity contribution < 1.29 is 4.79 Å². The predicted octanol–water partition coefficient (Wildman–Crippen LogP) is 3.91. The van der Waals surface area contributed by atoms with Crippen LogP contribution in [0.4, 0.5) is 0 Å². The average molecular weight is 306 g/mol. The number of carbonyl (C=O) groups is 1. The molecule has 0 spiro atoms. The van der Waals surface area contributed by atoms with Gasteiger partial charge in [0.25, 0.3) is 0 Å². The summed E-state index contributed by atoms with van der Waals surface area (Å²) in [5.74, 6) is 0.716. The van der Waals surface area contributed by atoms with E-state index in [1.165, 1.54) is 23.7 Å². The van der Waals surface area contributed by atoms with Gasteiger partial charge in [0.15, 0.2) is 0 Å². The second kappa shape index (κ2) is 7.43. The Labute approximate surface area is 100 Å². The highest BCUT2D eigenvalue weighted by molar-refractivity contribution is 14.1. The van der Waals surface area contributed by atoms with E-state index in [0.717, 1.165) is 25.7 Å². The third-order valence-corrected chi connectivity index (χ3v) is 3.49. The van der Waals surface area contributed by atoms with Crippen LogP contribution in [0.3, 0.4) is 0 Å². The molecule has 0 saturated heterocycles. The smallest absolute Gasteiger partial charge is 0.139 e. The Kier molecular flexibility index (Phi) is 6.48. The third-order valence-electron chi connectivity index (χ3n) is 2.72. The van der Waals surface area contributed by atoms with Gasteiger partial charge in [0, 0.05) is 12.3 Å². The van der Waals surface area contributed by atoms with Crippen LogP contribution in [-0.4, -0.2) is 10.2 Å². The minimum Gasteiger partial charge on any atom is -0.299 e. The van der Waals surface area contributed by atoms with Crippen LogP contribution < -0.4 is 0 Å². The van der Waals surface area contributed by atoms with E-state index < -0.39 is 0 Å². The number of rotatable bonds is 6. The van der Waals surface area contributed by atoms with Gasteiger partial charge in [-0.3, -0.25) is 4.79 Å². The van der Waals surface area contributed by atoms with Gasteiger partial charge in [0.1, 0.15) is 5.78 Å². The van der Waals surface area contributed by atoms with Crippen LogP contribution in [0.5, 0.6) is 0 Å². The van der Waals surface area contributed by atoms with Crippen LogP contribution in [-0.2, 0) is 4.79 Å². The molecule has 0 heterocycles. The van der Waals surface area contributed by atoms with Crippen LogP contribution in [0.25, 0.3) is 0 Å². The quantitative estimate of drug-likeness (QED) is 0.315.